The first-order valence-electron chi connectivity index (χ1n) is 6.95. The summed E-state index contributed by atoms with van der Waals surface area (Å²) in [6.45, 7) is 4.31. The van der Waals surface area contributed by atoms with Gasteiger partial charge in [0.05, 0.1) is 0 Å². The number of nitrogen functional groups attached to an aromatic ring is 1. The summed E-state index contributed by atoms with van der Waals surface area (Å²) in [7, 11) is 4.31. The summed E-state index contributed by atoms with van der Waals surface area (Å²) in [5.74, 6) is 0.807. The van der Waals surface area contributed by atoms with Crippen molar-refractivity contribution >= 4 is 17.4 Å². The van der Waals surface area contributed by atoms with Gasteiger partial charge in [-0.05, 0) is 44.6 Å². The van der Waals surface area contributed by atoms with E-state index in [1.165, 1.54) is 19.5 Å². The predicted molar refractivity (Wildman–Crippen MR) is 84.4 cm³/mol. The van der Waals surface area contributed by atoms with Crippen LogP contribution >= 0.6 is 11.6 Å². The van der Waals surface area contributed by atoms with Crippen molar-refractivity contribution in [2.45, 2.75) is 13.0 Å². The first-order valence-corrected chi connectivity index (χ1v) is 7.33. The minimum atomic E-state index is 0.0563. The highest BCUT2D eigenvalue weighted by Crippen LogP contribution is 2.21. The van der Waals surface area contributed by atoms with Gasteiger partial charge >= 0.3 is 0 Å². The lowest BCUT2D eigenvalue weighted by Crippen LogP contribution is -2.27. The van der Waals surface area contributed by atoms with E-state index in [9.17, 15) is 0 Å². The lowest BCUT2D eigenvalue weighted by molar-refractivity contribution is 0.267. The Hall–Kier alpha value is -1.10. The van der Waals surface area contributed by atoms with E-state index < -0.39 is 0 Å². The topological polar surface area (TPSA) is 56.4 Å². The Morgan fingerprint density at radius 1 is 1.55 bits per heavy atom. The van der Waals surface area contributed by atoms with Crippen molar-refractivity contribution in [3.63, 3.8) is 0 Å². The molecule has 1 aliphatic heterocycles. The summed E-state index contributed by atoms with van der Waals surface area (Å²) in [5.41, 5.74) is 7.23. The lowest BCUT2D eigenvalue weighted by Gasteiger charge is -2.21. The molecule has 1 fully saturated rings. The van der Waals surface area contributed by atoms with Crippen molar-refractivity contribution in [3.8, 4) is 0 Å². The monoisotopic (exact) mass is 294 g/mol. The van der Waals surface area contributed by atoms with E-state index in [-0.39, 0.29) is 5.84 Å². The second-order valence-electron chi connectivity index (χ2n) is 5.83. The zero-order valence-corrected chi connectivity index (χ0v) is 13.0. The Bertz CT molecular complexity index is 489. The molecule has 1 saturated heterocycles. The lowest BCUT2D eigenvalue weighted by atomic mass is 10.1. The summed E-state index contributed by atoms with van der Waals surface area (Å²) in [6, 6.07) is 5.60. The molecule has 0 radical (unpaired) electrons. The van der Waals surface area contributed by atoms with Crippen LogP contribution in [-0.2, 0) is 6.54 Å². The van der Waals surface area contributed by atoms with E-state index in [1.54, 1.807) is 6.07 Å². The number of nitrogens with zero attached hydrogens (tertiary/aromatic N) is 2. The molecule has 2 rings (SSSR count). The van der Waals surface area contributed by atoms with Gasteiger partial charge in [0.25, 0.3) is 0 Å². The van der Waals surface area contributed by atoms with Crippen molar-refractivity contribution < 1.29 is 0 Å². The molecule has 5 heteroatoms. The van der Waals surface area contributed by atoms with E-state index in [4.69, 9.17) is 22.7 Å². The van der Waals surface area contributed by atoms with Gasteiger partial charge in [-0.1, -0.05) is 23.7 Å². The molecule has 1 atom stereocenters. The third-order valence-corrected chi connectivity index (χ3v) is 4.21. The van der Waals surface area contributed by atoms with Gasteiger partial charge in [-0.15, -0.1) is 0 Å². The molecule has 0 aromatic heterocycles. The third-order valence-electron chi connectivity index (χ3n) is 3.86. The summed E-state index contributed by atoms with van der Waals surface area (Å²) in [5, 5.41) is 8.10. The molecule has 1 aromatic rings. The van der Waals surface area contributed by atoms with E-state index in [0.29, 0.717) is 10.6 Å². The van der Waals surface area contributed by atoms with Gasteiger partial charge < -0.3 is 15.5 Å². The Kier molecular flexibility index (Phi) is 5.02. The van der Waals surface area contributed by atoms with Gasteiger partial charge in [-0.25, -0.2) is 0 Å². The van der Waals surface area contributed by atoms with E-state index in [2.05, 4.69) is 23.9 Å². The molecule has 0 aliphatic carbocycles. The van der Waals surface area contributed by atoms with E-state index in [0.717, 1.165) is 24.6 Å². The van der Waals surface area contributed by atoms with Crippen LogP contribution in [0.25, 0.3) is 0 Å². The van der Waals surface area contributed by atoms with Crippen LogP contribution in [0.4, 0.5) is 0 Å². The first kappa shape index (κ1) is 15.3. The SMILES string of the molecule is CN1CCC(CN(C)Cc2ccc(C(=N)N)cc2Cl)C1. The maximum absolute atomic E-state index is 7.42. The average Bonchev–Trinajstić information content (AvgIpc) is 2.77. The molecule has 3 N–H and O–H groups in total. The normalized spacial score (nSPS) is 19.7. The van der Waals surface area contributed by atoms with Crippen LogP contribution in [-0.4, -0.2) is 49.4 Å². The van der Waals surface area contributed by atoms with Crippen LogP contribution in [0.2, 0.25) is 5.02 Å². The molecule has 0 spiro atoms. The summed E-state index contributed by atoms with van der Waals surface area (Å²) < 4.78 is 0. The molecule has 1 unspecified atom stereocenters. The number of rotatable bonds is 5. The van der Waals surface area contributed by atoms with Gasteiger partial charge in [0.2, 0.25) is 0 Å². The molecule has 1 aliphatic rings. The minimum absolute atomic E-state index is 0.0563. The van der Waals surface area contributed by atoms with Crippen molar-refractivity contribution in [2.24, 2.45) is 11.7 Å². The zero-order valence-electron chi connectivity index (χ0n) is 12.2. The van der Waals surface area contributed by atoms with Gasteiger partial charge in [0, 0.05) is 30.2 Å². The zero-order chi connectivity index (χ0) is 14.7. The fourth-order valence-corrected chi connectivity index (χ4v) is 3.05. The Labute approximate surface area is 126 Å². The number of benzene rings is 1. The molecule has 110 valence electrons. The predicted octanol–water partition coefficient (Wildman–Crippen LogP) is 2.01. The Balaban J connectivity index is 1.94. The van der Waals surface area contributed by atoms with Crippen LogP contribution in [0.1, 0.15) is 17.5 Å². The summed E-state index contributed by atoms with van der Waals surface area (Å²) in [4.78, 5) is 4.70. The molecule has 4 nitrogen and oxygen atoms in total. The Morgan fingerprint density at radius 2 is 2.30 bits per heavy atom. The second kappa shape index (κ2) is 6.57. The molecular formula is C15H23ClN4. The number of likely N-dealkylation sites (tertiary alicyclic amines) is 1. The van der Waals surface area contributed by atoms with E-state index in [1.807, 2.05) is 12.1 Å². The summed E-state index contributed by atoms with van der Waals surface area (Å²) in [6.07, 6.45) is 1.28. The number of amidine groups is 1. The smallest absolute Gasteiger partial charge is 0.122 e. The third kappa shape index (κ3) is 3.95. The highest BCUT2D eigenvalue weighted by Gasteiger charge is 2.20. The molecule has 20 heavy (non-hydrogen) atoms. The van der Waals surface area contributed by atoms with Gasteiger partial charge in [0.1, 0.15) is 5.84 Å². The van der Waals surface area contributed by atoms with Gasteiger partial charge in [-0.3, -0.25) is 5.41 Å². The Morgan fingerprint density at radius 3 is 2.85 bits per heavy atom. The number of halogens is 1. The van der Waals surface area contributed by atoms with Crippen molar-refractivity contribution in [3.05, 3.63) is 34.3 Å². The highest BCUT2D eigenvalue weighted by molar-refractivity contribution is 6.31. The van der Waals surface area contributed by atoms with Crippen molar-refractivity contribution in [1.82, 2.24) is 9.80 Å². The van der Waals surface area contributed by atoms with Crippen LogP contribution in [0.5, 0.6) is 0 Å². The molecule has 0 bridgehead atoms. The first-order chi connectivity index (χ1) is 9.45. The number of nitrogens with one attached hydrogen (secondary N) is 1. The molecular weight excluding hydrogens is 272 g/mol. The van der Waals surface area contributed by atoms with Gasteiger partial charge in [0.15, 0.2) is 0 Å². The standard InChI is InChI=1S/C15H23ClN4/c1-19-6-5-11(8-19)9-20(2)10-13-4-3-12(15(17)18)7-14(13)16/h3-4,7,11H,5-6,8-10H2,1-2H3,(H3,17,18). The molecule has 1 aromatic carbocycles. The van der Waals surface area contributed by atoms with Crippen LogP contribution in [0.3, 0.4) is 0 Å². The van der Waals surface area contributed by atoms with Crippen LogP contribution < -0.4 is 5.73 Å². The average molecular weight is 295 g/mol. The maximum atomic E-state index is 7.42. The number of hydrogen-bond donors (Lipinski definition) is 2. The summed E-state index contributed by atoms with van der Waals surface area (Å²) >= 11 is 6.27. The molecule has 1 heterocycles. The minimum Gasteiger partial charge on any atom is -0.384 e. The largest absolute Gasteiger partial charge is 0.384 e. The van der Waals surface area contributed by atoms with E-state index >= 15 is 0 Å². The molecule has 0 saturated carbocycles. The molecule has 0 amide bonds. The van der Waals surface area contributed by atoms with Crippen LogP contribution in [0.15, 0.2) is 18.2 Å². The fourth-order valence-electron chi connectivity index (χ4n) is 2.81. The number of hydrogen-bond acceptors (Lipinski definition) is 3. The highest BCUT2D eigenvalue weighted by atomic mass is 35.5. The van der Waals surface area contributed by atoms with Gasteiger partial charge in [-0.2, -0.15) is 0 Å². The second-order valence-corrected chi connectivity index (χ2v) is 6.24. The number of nitrogens with two attached hydrogens (primary N) is 1. The maximum Gasteiger partial charge on any atom is 0.122 e. The van der Waals surface area contributed by atoms with Crippen molar-refractivity contribution in [1.29, 1.82) is 5.41 Å². The van der Waals surface area contributed by atoms with Crippen molar-refractivity contribution in [2.75, 3.05) is 33.7 Å². The van der Waals surface area contributed by atoms with Crippen LogP contribution in [0, 0.1) is 11.3 Å². The fraction of sp³-hybridized carbons (Fsp3) is 0.533. The quantitative estimate of drug-likeness (QED) is 0.645.